The number of nitrogens with zero attached hydrogens (tertiary/aromatic N) is 1. The summed E-state index contributed by atoms with van der Waals surface area (Å²) in [5.74, 6) is 0.135. The summed E-state index contributed by atoms with van der Waals surface area (Å²) in [5, 5.41) is 3.36. The molecule has 1 aromatic carbocycles. The van der Waals surface area contributed by atoms with Crippen molar-refractivity contribution >= 4 is 15.5 Å². The monoisotopic (exact) mass is 268 g/mol. The van der Waals surface area contributed by atoms with Gasteiger partial charge in [0.1, 0.15) is 0 Å². The number of anilines is 1. The second-order valence-electron chi connectivity index (χ2n) is 4.79. The van der Waals surface area contributed by atoms with Crippen molar-refractivity contribution in [2.24, 2.45) is 0 Å². The van der Waals surface area contributed by atoms with E-state index in [-0.39, 0.29) is 5.75 Å². The molecule has 1 aliphatic heterocycles. The normalized spacial score (nSPS) is 21.1. The zero-order valence-electron chi connectivity index (χ0n) is 10.9. The third-order valence-corrected chi connectivity index (χ3v) is 5.14. The second-order valence-corrected chi connectivity index (χ2v) is 7.04. The maximum atomic E-state index is 12.0. The van der Waals surface area contributed by atoms with E-state index in [1.807, 2.05) is 12.1 Å². The van der Waals surface area contributed by atoms with Crippen LogP contribution in [0.15, 0.2) is 29.2 Å². The van der Waals surface area contributed by atoms with Crippen LogP contribution < -0.4 is 5.32 Å². The molecule has 1 atom stereocenters. The number of benzene rings is 1. The molecule has 4 nitrogen and oxygen atoms in total. The Kier molecular flexibility index (Phi) is 3.92. The van der Waals surface area contributed by atoms with Crippen molar-refractivity contribution in [2.75, 3.05) is 31.2 Å². The van der Waals surface area contributed by atoms with Gasteiger partial charge in [0.25, 0.3) is 0 Å². The first kappa shape index (κ1) is 13.4. The van der Waals surface area contributed by atoms with Crippen LogP contribution in [0.25, 0.3) is 0 Å². The third kappa shape index (κ3) is 2.84. The van der Waals surface area contributed by atoms with Gasteiger partial charge in [-0.15, -0.1) is 0 Å². The molecule has 0 aromatic heterocycles. The van der Waals surface area contributed by atoms with Crippen LogP contribution in [-0.2, 0) is 9.84 Å². The Bertz CT molecular complexity index is 513. The highest BCUT2D eigenvalue weighted by Gasteiger charge is 2.22. The van der Waals surface area contributed by atoms with Gasteiger partial charge in [-0.25, -0.2) is 8.42 Å². The van der Waals surface area contributed by atoms with Crippen molar-refractivity contribution in [2.45, 2.75) is 24.3 Å². The first-order valence-corrected chi connectivity index (χ1v) is 7.95. The van der Waals surface area contributed by atoms with Gasteiger partial charge < -0.3 is 10.2 Å². The van der Waals surface area contributed by atoms with Crippen molar-refractivity contribution in [3.05, 3.63) is 24.3 Å². The number of likely N-dealkylation sites (tertiary alicyclic amines) is 1. The number of rotatable bonds is 4. The van der Waals surface area contributed by atoms with Crippen molar-refractivity contribution < 1.29 is 8.42 Å². The minimum atomic E-state index is -3.16. The summed E-state index contributed by atoms with van der Waals surface area (Å²) in [7, 11) is -1.08. The fourth-order valence-electron chi connectivity index (χ4n) is 2.29. The molecule has 0 aliphatic carbocycles. The van der Waals surface area contributed by atoms with E-state index in [0.717, 1.165) is 25.2 Å². The predicted octanol–water partition coefficient (Wildman–Crippen LogP) is 1.60. The number of sulfone groups is 1. The van der Waals surface area contributed by atoms with Crippen LogP contribution in [-0.4, -0.2) is 45.2 Å². The maximum Gasteiger partial charge on any atom is 0.180 e. The van der Waals surface area contributed by atoms with E-state index in [1.165, 1.54) is 0 Å². The Balaban J connectivity index is 2.23. The van der Waals surface area contributed by atoms with Crippen LogP contribution in [0.3, 0.4) is 0 Å². The Labute approximate surface area is 109 Å². The van der Waals surface area contributed by atoms with Gasteiger partial charge in [0, 0.05) is 12.6 Å². The average molecular weight is 268 g/mol. The van der Waals surface area contributed by atoms with Crippen LogP contribution in [0.2, 0.25) is 0 Å². The van der Waals surface area contributed by atoms with Gasteiger partial charge in [-0.3, -0.25) is 0 Å². The molecular formula is C13H20N2O2S. The van der Waals surface area contributed by atoms with E-state index in [4.69, 9.17) is 0 Å². The number of likely N-dealkylation sites (N-methyl/N-ethyl adjacent to an activating group) is 1. The van der Waals surface area contributed by atoms with Gasteiger partial charge in [-0.1, -0.05) is 19.1 Å². The molecule has 0 saturated carbocycles. The molecule has 0 spiro atoms. The molecule has 2 rings (SSSR count). The number of hydrogen-bond donors (Lipinski definition) is 1. The maximum absolute atomic E-state index is 12.0. The van der Waals surface area contributed by atoms with Gasteiger partial charge in [0.2, 0.25) is 0 Å². The molecule has 1 N–H and O–H groups in total. The summed E-state index contributed by atoms with van der Waals surface area (Å²) < 4.78 is 24.0. The van der Waals surface area contributed by atoms with Crippen molar-refractivity contribution in [1.29, 1.82) is 0 Å². The quantitative estimate of drug-likeness (QED) is 0.901. The smallest absolute Gasteiger partial charge is 0.180 e. The highest BCUT2D eigenvalue weighted by molar-refractivity contribution is 7.91. The van der Waals surface area contributed by atoms with Gasteiger partial charge >= 0.3 is 0 Å². The minimum absolute atomic E-state index is 0.135. The summed E-state index contributed by atoms with van der Waals surface area (Å²) in [6.45, 7) is 3.69. The molecule has 100 valence electrons. The lowest BCUT2D eigenvalue weighted by Crippen LogP contribution is -2.24. The van der Waals surface area contributed by atoms with E-state index in [9.17, 15) is 8.42 Å². The average Bonchev–Trinajstić information content (AvgIpc) is 2.75. The second kappa shape index (κ2) is 5.28. The Morgan fingerprint density at radius 2 is 2.11 bits per heavy atom. The summed E-state index contributed by atoms with van der Waals surface area (Å²) in [6, 6.07) is 7.51. The predicted molar refractivity (Wildman–Crippen MR) is 73.7 cm³/mol. The molecule has 0 bridgehead atoms. The standard InChI is InChI=1S/C13H20N2O2S/c1-3-18(16,17)13-7-5-4-6-12(13)14-11-8-9-15(2)10-11/h4-7,11,14H,3,8-10H2,1-2H3. The first-order valence-electron chi connectivity index (χ1n) is 6.30. The largest absolute Gasteiger partial charge is 0.380 e. The summed E-state index contributed by atoms with van der Waals surface area (Å²) >= 11 is 0. The van der Waals surface area contributed by atoms with Crippen LogP contribution >= 0.6 is 0 Å². The van der Waals surface area contributed by atoms with E-state index >= 15 is 0 Å². The van der Waals surface area contributed by atoms with Crippen LogP contribution in [0.4, 0.5) is 5.69 Å². The van der Waals surface area contributed by atoms with E-state index in [2.05, 4.69) is 17.3 Å². The SMILES string of the molecule is CCS(=O)(=O)c1ccccc1NC1CCN(C)C1. The van der Waals surface area contributed by atoms with Gasteiger partial charge in [-0.05, 0) is 32.1 Å². The lowest BCUT2D eigenvalue weighted by atomic mass is 10.2. The molecule has 1 fully saturated rings. The number of para-hydroxylation sites is 1. The summed E-state index contributed by atoms with van der Waals surface area (Å²) in [5.41, 5.74) is 0.736. The fourth-order valence-corrected chi connectivity index (χ4v) is 3.34. The van der Waals surface area contributed by atoms with Crippen LogP contribution in [0.5, 0.6) is 0 Å². The molecule has 5 heteroatoms. The molecule has 1 unspecified atom stereocenters. The molecule has 1 aliphatic rings. The summed E-state index contributed by atoms with van der Waals surface area (Å²) in [4.78, 5) is 2.66. The lowest BCUT2D eigenvalue weighted by Gasteiger charge is -2.17. The number of hydrogen-bond acceptors (Lipinski definition) is 4. The van der Waals surface area contributed by atoms with Gasteiger partial charge in [0.05, 0.1) is 16.3 Å². The van der Waals surface area contributed by atoms with Crippen molar-refractivity contribution in [3.8, 4) is 0 Å². The molecule has 1 aromatic rings. The Morgan fingerprint density at radius 3 is 2.72 bits per heavy atom. The third-order valence-electron chi connectivity index (χ3n) is 3.35. The van der Waals surface area contributed by atoms with Gasteiger partial charge in [0.15, 0.2) is 9.84 Å². The Morgan fingerprint density at radius 1 is 1.39 bits per heavy atom. The molecule has 1 heterocycles. The molecule has 18 heavy (non-hydrogen) atoms. The molecular weight excluding hydrogens is 248 g/mol. The van der Waals surface area contributed by atoms with E-state index in [0.29, 0.717) is 10.9 Å². The van der Waals surface area contributed by atoms with Crippen molar-refractivity contribution in [1.82, 2.24) is 4.90 Å². The zero-order valence-corrected chi connectivity index (χ0v) is 11.7. The van der Waals surface area contributed by atoms with Crippen LogP contribution in [0.1, 0.15) is 13.3 Å². The highest BCUT2D eigenvalue weighted by Crippen LogP contribution is 2.24. The first-order chi connectivity index (χ1) is 8.53. The minimum Gasteiger partial charge on any atom is -0.380 e. The zero-order chi connectivity index (χ0) is 13.2. The highest BCUT2D eigenvalue weighted by atomic mass is 32.2. The molecule has 0 radical (unpaired) electrons. The van der Waals surface area contributed by atoms with E-state index in [1.54, 1.807) is 19.1 Å². The fraction of sp³-hybridized carbons (Fsp3) is 0.538. The van der Waals surface area contributed by atoms with Gasteiger partial charge in [-0.2, -0.15) is 0 Å². The van der Waals surface area contributed by atoms with E-state index < -0.39 is 9.84 Å². The lowest BCUT2D eigenvalue weighted by molar-refractivity contribution is 0.414. The number of nitrogens with one attached hydrogen (secondary N) is 1. The molecule has 1 saturated heterocycles. The topological polar surface area (TPSA) is 49.4 Å². The molecule has 0 amide bonds. The Hall–Kier alpha value is -1.07. The van der Waals surface area contributed by atoms with Crippen LogP contribution in [0, 0.1) is 0 Å². The summed E-state index contributed by atoms with van der Waals surface area (Å²) in [6.07, 6.45) is 1.05. The van der Waals surface area contributed by atoms with Crippen molar-refractivity contribution in [3.63, 3.8) is 0 Å².